The van der Waals surface area contributed by atoms with E-state index < -0.39 is 11.9 Å². The number of carbonyl (C=O) groups excluding carboxylic acids is 3. The Kier molecular flexibility index (Phi) is 3.44. The first kappa shape index (κ1) is 14.3. The second-order valence-electron chi connectivity index (χ2n) is 5.57. The van der Waals surface area contributed by atoms with Crippen LogP contribution in [0.5, 0.6) is 0 Å². The summed E-state index contributed by atoms with van der Waals surface area (Å²) in [5, 5.41) is 10.5. The Morgan fingerprint density at radius 3 is 2.82 bits per heavy atom. The first-order valence-corrected chi connectivity index (χ1v) is 7.11. The number of rotatable bonds is 4. The van der Waals surface area contributed by atoms with Crippen LogP contribution in [0.1, 0.15) is 12.8 Å². The Morgan fingerprint density at radius 1 is 1.32 bits per heavy atom. The van der Waals surface area contributed by atoms with Gasteiger partial charge in [-0.05, 0) is 30.6 Å². The maximum Gasteiger partial charge on any atom is 0.257 e. The molecule has 22 heavy (non-hydrogen) atoms. The number of aliphatic carboxylic acids is 1. The molecule has 0 radical (unpaired) electrons. The number of hydrogen-bond donors (Lipinski definition) is 1. The van der Waals surface area contributed by atoms with E-state index in [0.29, 0.717) is 11.3 Å². The van der Waals surface area contributed by atoms with Crippen LogP contribution < -0.4 is 10.8 Å². The Bertz CT molecular complexity index is 684. The van der Waals surface area contributed by atoms with E-state index in [9.17, 15) is 19.5 Å². The number of allylic oxidation sites excluding steroid dienone is 5. The molecule has 114 valence electrons. The van der Waals surface area contributed by atoms with E-state index in [2.05, 4.69) is 0 Å². The Hall–Kier alpha value is -2.63. The molecule has 0 bridgehead atoms. The van der Waals surface area contributed by atoms with Crippen LogP contribution in [0.15, 0.2) is 47.2 Å². The smallest absolute Gasteiger partial charge is 0.257 e. The third-order valence-corrected chi connectivity index (χ3v) is 4.12. The zero-order valence-corrected chi connectivity index (χ0v) is 11.8. The van der Waals surface area contributed by atoms with Gasteiger partial charge in [0.2, 0.25) is 5.91 Å². The van der Waals surface area contributed by atoms with Crippen molar-refractivity contribution in [3.05, 3.63) is 47.2 Å². The first-order valence-electron chi connectivity index (χ1n) is 7.11. The zero-order chi connectivity index (χ0) is 15.9. The molecule has 1 saturated heterocycles. The monoisotopic (exact) mass is 299 g/mol. The average Bonchev–Trinajstić information content (AvgIpc) is 2.47. The minimum absolute atomic E-state index is 0.0721. The molecule has 1 aliphatic heterocycles. The number of carboxylic acid groups (broad SMARTS) is 1. The lowest BCUT2D eigenvalue weighted by atomic mass is 9.71. The zero-order valence-electron chi connectivity index (χ0n) is 11.8. The van der Waals surface area contributed by atoms with E-state index in [4.69, 9.17) is 5.73 Å². The maximum absolute atomic E-state index is 12.6. The topological polar surface area (TPSA) is 104 Å². The van der Waals surface area contributed by atoms with Gasteiger partial charge in [0, 0.05) is 29.7 Å². The summed E-state index contributed by atoms with van der Waals surface area (Å²) in [6.07, 6.45) is 8.79. The third-order valence-electron chi connectivity index (χ3n) is 4.12. The van der Waals surface area contributed by atoms with Gasteiger partial charge in [-0.2, -0.15) is 0 Å². The highest BCUT2D eigenvalue weighted by Crippen LogP contribution is 2.41. The number of imide groups is 1. The predicted octanol–water partition coefficient (Wildman–Crippen LogP) is -0.604. The Labute approximate surface area is 127 Å². The van der Waals surface area contributed by atoms with Crippen molar-refractivity contribution in [1.29, 1.82) is 0 Å². The summed E-state index contributed by atoms with van der Waals surface area (Å²) >= 11 is 0. The van der Waals surface area contributed by atoms with Gasteiger partial charge in [0.1, 0.15) is 0 Å². The minimum Gasteiger partial charge on any atom is -0.550 e. The van der Waals surface area contributed by atoms with Gasteiger partial charge in [0.15, 0.2) is 0 Å². The van der Waals surface area contributed by atoms with E-state index >= 15 is 0 Å². The molecule has 0 aromatic carbocycles. The molecule has 1 fully saturated rings. The second kappa shape index (κ2) is 5.29. The fraction of sp³-hybridized carbons (Fsp3) is 0.312. The van der Waals surface area contributed by atoms with Gasteiger partial charge in [0.25, 0.3) is 5.91 Å². The highest BCUT2D eigenvalue weighted by atomic mass is 16.4. The van der Waals surface area contributed by atoms with Crippen LogP contribution in [-0.2, 0) is 14.4 Å². The number of hydrogen-bond acceptors (Lipinski definition) is 5. The predicted molar refractivity (Wildman–Crippen MR) is 75.5 cm³/mol. The maximum atomic E-state index is 12.6. The molecule has 3 aliphatic rings. The molecule has 0 spiro atoms. The molecule has 2 aliphatic carbocycles. The van der Waals surface area contributed by atoms with Crippen molar-refractivity contribution in [3.63, 3.8) is 0 Å². The molecule has 2 amide bonds. The lowest BCUT2D eigenvalue weighted by molar-refractivity contribution is -0.305. The van der Waals surface area contributed by atoms with Gasteiger partial charge in [-0.25, -0.2) is 0 Å². The average molecular weight is 299 g/mol. The number of amides is 2. The number of nitrogens with two attached hydrogens (primary N) is 1. The Balaban J connectivity index is 1.90. The molecule has 6 nitrogen and oxygen atoms in total. The van der Waals surface area contributed by atoms with Crippen molar-refractivity contribution in [1.82, 2.24) is 4.90 Å². The highest BCUT2D eigenvalue weighted by molar-refractivity contribution is 6.10. The minimum atomic E-state index is -1.19. The van der Waals surface area contributed by atoms with Crippen molar-refractivity contribution < 1.29 is 19.5 Å². The molecule has 0 saturated carbocycles. The third kappa shape index (κ3) is 2.26. The molecule has 3 rings (SSSR count). The van der Waals surface area contributed by atoms with Crippen molar-refractivity contribution >= 4 is 17.8 Å². The van der Waals surface area contributed by atoms with Gasteiger partial charge in [-0.15, -0.1) is 0 Å². The van der Waals surface area contributed by atoms with E-state index in [1.54, 1.807) is 24.3 Å². The summed E-state index contributed by atoms with van der Waals surface area (Å²) in [5.41, 5.74) is 7.67. The van der Waals surface area contributed by atoms with E-state index in [1.807, 2.05) is 6.08 Å². The van der Waals surface area contributed by atoms with Crippen LogP contribution in [0.3, 0.4) is 0 Å². The van der Waals surface area contributed by atoms with Crippen LogP contribution in [0.2, 0.25) is 0 Å². The number of piperidine rings is 1. The quantitative estimate of drug-likeness (QED) is 0.698. The molecule has 2 atom stereocenters. The summed E-state index contributed by atoms with van der Waals surface area (Å²) in [4.78, 5) is 36.7. The standard InChI is InChI=1S/C16H16N2O4/c17-10-7-9-3-1-4-11-14(9)12(8-10)16(22)18(15(11)21)6-2-5-13(19)20/h1,3-4,7-8,11,14H,2,5-6,17H2,(H,19,20)/p-1. The van der Waals surface area contributed by atoms with E-state index in [1.165, 1.54) is 0 Å². The summed E-state index contributed by atoms with van der Waals surface area (Å²) < 4.78 is 0. The highest BCUT2D eigenvalue weighted by Gasteiger charge is 2.46. The number of nitrogens with zero attached hydrogens (tertiary/aromatic N) is 1. The molecule has 6 heteroatoms. The molecule has 0 aromatic heterocycles. The van der Waals surface area contributed by atoms with Crippen LogP contribution in [-0.4, -0.2) is 29.2 Å². The van der Waals surface area contributed by atoms with E-state index in [0.717, 1.165) is 10.5 Å². The molecular formula is C16H15N2O4-. The summed E-state index contributed by atoms with van der Waals surface area (Å²) in [7, 11) is 0. The van der Waals surface area contributed by atoms with Crippen molar-refractivity contribution in [2.45, 2.75) is 12.8 Å². The second-order valence-corrected chi connectivity index (χ2v) is 5.57. The fourth-order valence-corrected chi connectivity index (χ4v) is 3.17. The Morgan fingerprint density at radius 2 is 2.09 bits per heavy atom. The lowest BCUT2D eigenvalue weighted by Crippen LogP contribution is -2.51. The SMILES string of the molecule is NC1=CC2=CC=CC3C(=O)N(CCCC(=O)[O-])C(=O)C(=C1)C23. The first-order chi connectivity index (χ1) is 10.5. The number of likely N-dealkylation sites (tertiary alicyclic amines) is 1. The van der Waals surface area contributed by atoms with Gasteiger partial charge in [-0.1, -0.05) is 18.2 Å². The number of carbonyl (C=O) groups is 3. The largest absolute Gasteiger partial charge is 0.550 e. The van der Waals surface area contributed by atoms with E-state index in [-0.39, 0.29) is 37.1 Å². The fourth-order valence-electron chi connectivity index (χ4n) is 3.17. The molecule has 0 aromatic rings. The van der Waals surface area contributed by atoms with Gasteiger partial charge >= 0.3 is 0 Å². The van der Waals surface area contributed by atoms with Crippen molar-refractivity contribution in [2.24, 2.45) is 17.6 Å². The normalized spacial score (nSPS) is 26.2. The molecular weight excluding hydrogens is 284 g/mol. The summed E-state index contributed by atoms with van der Waals surface area (Å²) in [5.74, 6) is -2.59. The van der Waals surface area contributed by atoms with Gasteiger partial charge in [0.05, 0.1) is 5.92 Å². The van der Waals surface area contributed by atoms with Crippen LogP contribution >= 0.6 is 0 Å². The summed E-state index contributed by atoms with van der Waals surface area (Å²) in [6.45, 7) is 0.0721. The van der Waals surface area contributed by atoms with Crippen LogP contribution in [0.4, 0.5) is 0 Å². The number of carboxylic acids is 1. The molecule has 2 N–H and O–H groups in total. The van der Waals surface area contributed by atoms with Crippen molar-refractivity contribution in [2.75, 3.05) is 6.54 Å². The van der Waals surface area contributed by atoms with Gasteiger partial charge < -0.3 is 15.6 Å². The van der Waals surface area contributed by atoms with Crippen LogP contribution in [0.25, 0.3) is 0 Å². The van der Waals surface area contributed by atoms with Crippen LogP contribution in [0, 0.1) is 11.8 Å². The lowest BCUT2D eigenvalue weighted by Gasteiger charge is -2.40. The molecule has 1 heterocycles. The molecule has 2 unspecified atom stereocenters. The van der Waals surface area contributed by atoms with Crippen molar-refractivity contribution in [3.8, 4) is 0 Å². The van der Waals surface area contributed by atoms with Gasteiger partial charge in [-0.3, -0.25) is 14.5 Å². The summed E-state index contributed by atoms with van der Waals surface area (Å²) in [6, 6.07) is 0.